The predicted molar refractivity (Wildman–Crippen MR) is 224 cm³/mol. The Morgan fingerprint density at radius 2 is 0.483 bits per heavy atom. The molecule has 0 saturated carbocycles. The van der Waals surface area contributed by atoms with Crippen LogP contribution >= 0.6 is 0 Å². The van der Waals surface area contributed by atoms with Gasteiger partial charge in [-0.05, 0) is 93.0 Å². The molecule has 8 heteroatoms. The fourth-order valence-electron chi connectivity index (χ4n) is 9.74. The van der Waals surface area contributed by atoms with E-state index in [2.05, 4.69) is 84.9 Å². The lowest BCUT2D eigenvalue weighted by molar-refractivity contribution is 0.389. The summed E-state index contributed by atoms with van der Waals surface area (Å²) in [7, 11) is 13.8. The lowest BCUT2D eigenvalue weighted by Gasteiger charge is -2.43. The second-order valence-corrected chi connectivity index (χ2v) is 15.2. The van der Waals surface area contributed by atoms with Crippen LogP contribution in [0.1, 0.15) is 89.7 Å². The van der Waals surface area contributed by atoms with Crippen LogP contribution in [0.3, 0.4) is 0 Å². The van der Waals surface area contributed by atoms with Crippen LogP contribution in [0.15, 0.2) is 84.9 Å². The Morgan fingerprint density at radius 3 is 0.724 bits per heavy atom. The Balaban J connectivity index is 1.31. The van der Waals surface area contributed by atoms with Gasteiger partial charge in [0, 0.05) is 70.9 Å². The zero-order valence-electron chi connectivity index (χ0n) is 34.3. The van der Waals surface area contributed by atoms with Crippen molar-refractivity contribution in [3.8, 4) is 46.0 Å². The van der Waals surface area contributed by atoms with Crippen molar-refractivity contribution in [3.05, 3.63) is 163 Å². The Bertz CT molecular complexity index is 2410. The molecule has 6 aromatic carbocycles. The SMILES string of the molecule is COc1cc2c(OC)cc1Cc1cc(OC)c(cc1OC)Cc1cc3c(cc1OC)[C@@H]1c4ccccc4[C@H]3c3cc(OC)c(cc31)Cc1cc(OC)c(cc1OC)C2. The molecular formula is C50H48O8. The van der Waals surface area contributed by atoms with Gasteiger partial charge in [-0.2, -0.15) is 0 Å². The van der Waals surface area contributed by atoms with Crippen molar-refractivity contribution in [2.45, 2.75) is 37.5 Å². The molecule has 8 nitrogen and oxygen atoms in total. The zero-order valence-corrected chi connectivity index (χ0v) is 34.3. The highest BCUT2D eigenvalue weighted by Crippen LogP contribution is 2.58. The zero-order chi connectivity index (χ0) is 40.2. The molecule has 2 atom stereocenters. The minimum absolute atomic E-state index is 0.0232. The molecule has 0 unspecified atom stereocenters. The molecule has 14 aliphatic carbocycles. The van der Waals surface area contributed by atoms with Crippen LogP contribution in [0, 0.1) is 0 Å². The van der Waals surface area contributed by atoms with Crippen molar-refractivity contribution in [2.24, 2.45) is 0 Å². The van der Waals surface area contributed by atoms with Gasteiger partial charge in [0.2, 0.25) is 0 Å². The lowest BCUT2D eigenvalue weighted by atomic mass is 9.60. The average molecular weight is 777 g/mol. The van der Waals surface area contributed by atoms with Crippen LogP contribution < -0.4 is 37.9 Å². The Labute approximate surface area is 340 Å². The predicted octanol–water partition coefficient (Wildman–Crippen LogP) is 9.42. The summed E-state index contributed by atoms with van der Waals surface area (Å²) >= 11 is 0. The molecule has 6 aromatic rings. The van der Waals surface area contributed by atoms with E-state index >= 15 is 0 Å². The Kier molecular flexibility index (Phi) is 9.59. The van der Waals surface area contributed by atoms with Gasteiger partial charge in [-0.15, -0.1) is 0 Å². The highest BCUT2D eigenvalue weighted by molar-refractivity contribution is 5.71. The van der Waals surface area contributed by atoms with Crippen LogP contribution in [-0.4, -0.2) is 56.9 Å². The van der Waals surface area contributed by atoms with Crippen LogP contribution in [-0.2, 0) is 25.7 Å². The smallest absolute Gasteiger partial charge is 0.122 e. The molecule has 14 bridgehead atoms. The third-order valence-corrected chi connectivity index (χ3v) is 12.4. The van der Waals surface area contributed by atoms with Crippen molar-refractivity contribution in [1.29, 1.82) is 0 Å². The molecule has 0 aromatic heterocycles. The van der Waals surface area contributed by atoms with Crippen LogP contribution in [0.2, 0.25) is 0 Å². The molecule has 0 N–H and O–H groups in total. The van der Waals surface area contributed by atoms with E-state index in [1.165, 1.54) is 33.4 Å². The number of ether oxygens (including phenoxy) is 8. The van der Waals surface area contributed by atoms with E-state index in [9.17, 15) is 0 Å². The first-order valence-electron chi connectivity index (χ1n) is 19.6. The largest absolute Gasteiger partial charge is 0.496 e. The Hall–Kier alpha value is -6.28. The molecule has 296 valence electrons. The van der Waals surface area contributed by atoms with Crippen LogP contribution in [0.4, 0.5) is 0 Å². The first-order valence-corrected chi connectivity index (χ1v) is 19.6. The summed E-state index contributed by atoms with van der Waals surface area (Å²) < 4.78 is 48.8. The minimum atomic E-state index is 0.0232. The van der Waals surface area contributed by atoms with Gasteiger partial charge in [-0.25, -0.2) is 0 Å². The minimum Gasteiger partial charge on any atom is -0.496 e. The quantitative estimate of drug-likeness (QED) is 0.151. The van der Waals surface area contributed by atoms with Gasteiger partial charge >= 0.3 is 0 Å². The summed E-state index contributed by atoms with van der Waals surface area (Å²) in [6.45, 7) is 0. The molecule has 0 amide bonds. The fraction of sp³-hybridized carbons (Fsp3) is 0.280. The second kappa shape index (κ2) is 14.9. The van der Waals surface area contributed by atoms with E-state index in [1.54, 1.807) is 56.9 Å². The van der Waals surface area contributed by atoms with Gasteiger partial charge < -0.3 is 37.9 Å². The molecular weight excluding hydrogens is 729 g/mol. The molecule has 0 fully saturated rings. The molecule has 58 heavy (non-hydrogen) atoms. The third-order valence-electron chi connectivity index (χ3n) is 12.4. The normalized spacial score (nSPS) is 15.7. The summed E-state index contributed by atoms with van der Waals surface area (Å²) in [6, 6.07) is 30.5. The molecule has 0 saturated heterocycles. The molecule has 0 radical (unpaired) electrons. The van der Waals surface area contributed by atoms with E-state index in [0.717, 1.165) is 90.5 Å². The summed E-state index contributed by atoms with van der Waals surface area (Å²) in [5.74, 6) is 6.27. The van der Waals surface area contributed by atoms with Crippen LogP contribution in [0.5, 0.6) is 46.0 Å². The maximum atomic E-state index is 6.20. The first-order chi connectivity index (χ1) is 28.3. The van der Waals surface area contributed by atoms with Crippen molar-refractivity contribution < 1.29 is 37.9 Å². The number of rotatable bonds is 8. The summed E-state index contributed by atoms with van der Waals surface area (Å²) in [5, 5.41) is 0. The highest BCUT2D eigenvalue weighted by Gasteiger charge is 2.42. The topological polar surface area (TPSA) is 73.8 Å². The number of hydrogen-bond acceptors (Lipinski definition) is 8. The summed E-state index contributed by atoms with van der Waals surface area (Å²) in [4.78, 5) is 0. The van der Waals surface area contributed by atoms with Crippen LogP contribution in [0.25, 0.3) is 0 Å². The van der Waals surface area contributed by atoms with E-state index in [-0.39, 0.29) is 11.8 Å². The van der Waals surface area contributed by atoms with Gasteiger partial charge in [-0.3, -0.25) is 0 Å². The van der Waals surface area contributed by atoms with Crippen molar-refractivity contribution >= 4 is 0 Å². The maximum Gasteiger partial charge on any atom is 0.122 e. The number of benzene rings is 6. The van der Waals surface area contributed by atoms with E-state index in [0.29, 0.717) is 25.7 Å². The van der Waals surface area contributed by atoms with Gasteiger partial charge in [0.15, 0.2) is 0 Å². The molecule has 20 rings (SSSR count). The summed E-state index contributed by atoms with van der Waals surface area (Å²) in [5.41, 5.74) is 15.7. The molecule has 14 aliphatic rings. The van der Waals surface area contributed by atoms with Crippen molar-refractivity contribution in [1.82, 2.24) is 0 Å². The monoisotopic (exact) mass is 776 g/mol. The van der Waals surface area contributed by atoms with Gasteiger partial charge in [0.05, 0.1) is 56.9 Å². The van der Waals surface area contributed by atoms with Gasteiger partial charge in [0.1, 0.15) is 46.0 Å². The van der Waals surface area contributed by atoms with E-state index < -0.39 is 0 Å². The molecule has 0 heterocycles. The third kappa shape index (κ3) is 5.96. The van der Waals surface area contributed by atoms with Gasteiger partial charge in [-0.1, -0.05) is 36.4 Å². The van der Waals surface area contributed by atoms with Gasteiger partial charge in [0.25, 0.3) is 0 Å². The highest BCUT2D eigenvalue weighted by atomic mass is 16.5. The first kappa shape index (κ1) is 37.3. The van der Waals surface area contributed by atoms with E-state index in [4.69, 9.17) is 37.9 Å². The lowest BCUT2D eigenvalue weighted by Crippen LogP contribution is -2.28. The molecule has 0 spiro atoms. The Morgan fingerprint density at radius 1 is 0.276 bits per heavy atom. The van der Waals surface area contributed by atoms with Crippen molar-refractivity contribution in [3.63, 3.8) is 0 Å². The average Bonchev–Trinajstić information content (AvgIpc) is 3.26. The number of methoxy groups -OCH3 is 8. The maximum absolute atomic E-state index is 6.20. The fourth-order valence-corrected chi connectivity index (χ4v) is 9.74. The number of hydrogen-bond donors (Lipinski definition) is 0. The van der Waals surface area contributed by atoms with Crippen molar-refractivity contribution in [2.75, 3.05) is 56.9 Å². The standard InChI is InChI=1S/C50H48O8/c1-51-41-21-31-15-33-23-46(56-6)34(24-45(33)55-5)16-32-22-42(52-2)30(20-44(32)54-4)14-28-18-38-40(26-48(28)58-8)49-35-11-9-10-12-36(35)50(38)39-25-47(57-7)27(17-37(39)49)13-29(41)19-43(31)53-3/h9-12,17-26,49-50H,13-16H2,1-8H3/t49-,50-/m1/s1. The summed E-state index contributed by atoms with van der Waals surface area (Å²) in [6.07, 6.45) is 2.22. The van der Waals surface area contributed by atoms with E-state index in [1.807, 2.05) is 0 Å². The molecule has 0 aliphatic heterocycles. The second-order valence-electron chi connectivity index (χ2n) is 15.2.